The SMILES string of the molecule is COc1ccc(OC)c2c1C[C@@H](C)O[C@H]2C. The largest absolute Gasteiger partial charge is 0.496 e. The molecule has 2 atom stereocenters. The first-order chi connectivity index (χ1) is 7.67. The lowest BCUT2D eigenvalue weighted by atomic mass is 9.93. The molecule has 0 fully saturated rings. The van der Waals surface area contributed by atoms with E-state index < -0.39 is 0 Å². The Morgan fingerprint density at radius 1 is 1.12 bits per heavy atom. The normalized spacial score (nSPS) is 23.8. The fraction of sp³-hybridized carbons (Fsp3) is 0.538. The molecule has 0 aromatic heterocycles. The van der Waals surface area contributed by atoms with E-state index in [-0.39, 0.29) is 12.2 Å². The van der Waals surface area contributed by atoms with Gasteiger partial charge in [0.05, 0.1) is 26.4 Å². The number of fused-ring (bicyclic) bond motifs is 1. The molecule has 1 aromatic carbocycles. The highest BCUT2D eigenvalue weighted by Crippen LogP contribution is 2.41. The summed E-state index contributed by atoms with van der Waals surface area (Å²) in [6.45, 7) is 4.13. The van der Waals surface area contributed by atoms with E-state index in [1.807, 2.05) is 12.1 Å². The first-order valence-corrected chi connectivity index (χ1v) is 5.56. The van der Waals surface area contributed by atoms with Gasteiger partial charge in [0.15, 0.2) is 0 Å². The molecular weight excluding hydrogens is 204 g/mol. The minimum absolute atomic E-state index is 0.0591. The molecule has 1 aliphatic heterocycles. The van der Waals surface area contributed by atoms with Crippen molar-refractivity contribution in [3.8, 4) is 11.5 Å². The van der Waals surface area contributed by atoms with Crippen LogP contribution in [0.4, 0.5) is 0 Å². The summed E-state index contributed by atoms with van der Waals surface area (Å²) in [7, 11) is 3.39. The summed E-state index contributed by atoms with van der Waals surface area (Å²) in [5.74, 6) is 1.81. The van der Waals surface area contributed by atoms with Crippen molar-refractivity contribution in [3.05, 3.63) is 23.3 Å². The number of ether oxygens (including phenoxy) is 3. The van der Waals surface area contributed by atoms with E-state index in [9.17, 15) is 0 Å². The Hall–Kier alpha value is -1.22. The van der Waals surface area contributed by atoms with Gasteiger partial charge in [-0.2, -0.15) is 0 Å². The number of hydrogen-bond donors (Lipinski definition) is 0. The van der Waals surface area contributed by atoms with Gasteiger partial charge in [-0.1, -0.05) is 0 Å². The minimum Gasteiger partial charge on any atom is -0.496 e. The highest BCUT2D eigenvalue weighted by Gasteiger charge is 2.27. The Bertz CT molecular complexity index is 387. The monoisotopic (exact) mass is 222 g/mol. The third-order valence-corrected chi connectivity index (χ3v) is 3.05. The molecule has 2 rings (SSSR count). The maximum absolute atomic E-state index is 5.82. The lowest BCUT2D eigenvalue weighted by molar-refractivity contribution is -0.00668. The minimum atomic E-state index is 0.0591. The van der Waals surface area contributed by atoms with Crippen LogP contribution in [0.3, 0.4) is 0 Å². The van der Waals surface area contributed by atoms with Crippen molar-refractivity contribution in [2.45, 2.75) is 32.5 Å². The molecule has 0 saturated carbocycles. The van der Waals surface area contributed by atoms with Crippen LogP contribution in [0, 0.1) is 0 Å². The van der Waals surface area contributed by atoms with E-state index in [0.29, 0.717) is 0 Å². The van der Waals surface area contributed by atoms with Gasteiger partial charge in [-0.05, 0) is 26.0 Å². The lowest BCUT2D eigenvalue weighted by Crippen LogP contribution is -2.23. The molecule has 0 unspecified atom stereocenters. The van der Waals surface area contributed by atoms with Crippen LogP contribution in [0.2, 0.25) is 0 Å². The molecular formula is C13H18O3. The van der Waals surface area contributed by atoms with Gasteiger partial charge < -0.3 is 14.2 Å². The molecule has 0 N–H and O–H groups in total. The third kappa shape index (κ3) is 1.76. The van der Waals surface area contributed by atoms with Gasteiger partial charge in [0, 0.05) is 17.5 Å². The molecule has 0 radical (unpaired) electrons. The summed E-state index contributed by atoms with van der Waals surface area (Å²) in [5, 5.41) is 0. The van der Waals surface area contributed by atoms with Crippen LogP contribution in [0.25, 0.3) is 0 Å². The van der Waals surface area contributed by atoms with Crippen LogP contribution >= 0.6 is 0 Å². The van der Waals surface area contributed by atoms with Crippen LogP contribution in [0.1, 0.15) is 31.1 Å². The van der Waals surface area contributed by atoms with Crippen molar-refractivity contribution in [2.24, 2.45) is 0 Å². The fourth-order valence-corrected chi connectivity index (χ4v) is 2.40. The fourth-order valence-electron chi connectivity index (χ4n) is 2.40. The molecule has 0 spiro atoms. The van der Waals surface area contributed by atoms with Crippen LogP contribution in [-0.2, 0) is 11.2 Å². The Balaban J connectivity index is 2.56. The first-order valence-electron chi connectivity index (χ1n) is 5.56. The Kier molecular flexibility index (Phi) is 3.06. The lowest BCUT2D eigenvalue weighted by Gasteiger charge is -2.30. The zero-order valence-corrected chi connectivity index (χ0v) is 10.2. The topological polar surface area (TPSA) is 27.7 Å². The van der Waals surface area contributed by atoms with Gasteiger partial charge in [-0.3, -0.25) is 0 Å². The Morgan fingerprint density at radius 2 is 1.75 bits per heavy atom. The average Bonchev–Trinajstić information content (AvgIpc) is 2.27. The second-order valence-electron chi connectivity index (χ2n) is 4.16. The summed E-state index contributed by atoms with van der Waals surface area (Å²) in [6.07, 6.45) is 1.16. The predicted molar refractivity (Wildman–Crippen MR) is 62.2 cm³/mol. The summed E-state index contributed by atoms with van der Waals surface area (Å²) >= 11 is 0. The summed E-state index contributed by atoms with van der Waals surface area (Å²) in [4.78, 5) is 0. The highest BCUT2D eigenvalue weighted by atomic mass is 16.5. The molecule has 0 bridgehead atoms. The van der Waals surface area contributed by atoms with E-state index in [1.54, 1.807) is 14.2 Å². The molecule has 1 aromatic rings. The molecule has 1 heterocycles. The Morgan fingerprint density at radius 3 is 2.38 bits per heavy atom. The van der Waals surface area contributed by atoms with Crippen LogP contribution in [-0.4, -0.2) is 20.3 Å². The molecule has 0 saturated heterocycles. The molecule has 1 aliphatic rings. The molecule has 88 valence electrons. The molecule has 0 aliphatic carbocycles. The second kappa shape index (κ2) is 4.34. The zero-order chi connectivity index (χ0) is 11.7. The van der Waals surface area contributed by atoms with Crippen molar-refractivity contribution in [3.63, 3.8) is 0 Å². The Labute approximate surface area is 96.3 Å². The van der Waals surface area contributed by atoms with Gasteiger partial charge in [-0.15, -0.1) is 0 Å². The van der Waals surface area contributed by atoms with Gasteiger partial charge >= 0.3 is 0 Å². The molecule has 3 nitrogen and oxygen atoms in total. The number of methoxy groups -OCH3 is 2. The van der Waals surface area contributed by atoms with E-state index >= 15 is 0 Å². The van der Waals surface area contributed by atoms with Crippen molar-refractivity contribution in [1.82, 2.24) is 0 Å². The van der Waals surface area contributed by atoms with Gasteiger partial charge in [0.25, 0.3) is 0 Å². The van der Waals surface area contributed by atoms with Crippen molar-refractivity contribution >= 4 is 0 Å². The van der Waals surface area contributed by atoms with Crippen molar-refractivity contribution in [1.29, 1.82) is 0 Å². The summed E-state index contributed by atoms with van der Waals surface area (Å²) in [6, 6.07) is 3.90. The van der Waals surface area contributed by atoms with Crippen LogP contribution in [0.5, 0.6) is 11.5 Å². The quantitative estimate of drug-likeness (QED) is 0.770. The standard InChI is InChI=1S/C13H18O3/c1-8-7-10-11(14-3)5-6-12(15-4)13(10)9(2)16-8/h5-6,8-9H,7H2,1-4H3/t8-,9+/m1/s1. The van der Waals surface area contributed by atoms with Crippen molar-refractivity contribution in [2.75, 3.05) is 14.2 Å². The summed E-state index contributed by atoms with van der Waals surface area (Å²) in [5.41, 5.74) is 2.34. The maximum Gasteiger partial charge on any atom is 0.125 e. The average molecular weight is 222 g/mol. The van der Waals surface area contributed by atoms with Gasteiger partial charge in [-0.25, -0.2) is 0 Å². The maximum atomic E-state index is 5.82. The van der Waals surface area contributed by atoms with Gasteiger partial charge in [0.1, 0.15) is 11.5 Å². The van der Waals surface area contributed by atoms with Crippen LogP contribution in [0.15, 0.2) is 12.1 Å². The summed E-state index contributed by atoms with van der Waals surface area (Å²) < 4.78 is 16.6. The van der Waals surface area contributed by atoms with Gasteiger partial charge in [0.2, 0.25) is 0 Å². The molecule has 0 amide bonds. The van der Waals surface area contributed by atoms with E-state index in [4.69, 9.17) is 14.2 Å². The number of rotatable bonds is 2. The highest BCUT2D eigenvalue weighted by molar-refractivity contribution is 5.51. The zero-order valence-electron chi connectivity index (χ0n) is 10.2. The number of hydrogen-bond acceptors (Lipinski definition) is 3. The molecule has 3 heteroatoms. The third-order valence-electron chi connectivity index (χ3n) is 3.05. The van der Waals surface area contributed by atoms with Crippen LogP contribution < -0.4 is 9.47 Å². The molecule has 16 heavy (non-hydrogen) atoms. The van der Waals surface area contributed by atoms with Crippen molar-refractivity contribution < 1.29 is 14.2 Å². The first kappa shape index (κ1) is 11.3. The predicted octanol–water partition coefficient (Wildman–Crippen LogP) is 2.73. The van der Waals surface area contributed by atoms with E-state index in [1.165, 1.54) is 5.56 Å². The smallest absolute Gasteiger partial charge is 0.125 e. The number of benzene rings is 1. The van der Waals surface area contributed by atoms with E-state index in [2.05, 4.69) is 13.8 Å². The second-order valence-corrected chi connectivity index (χ2v) is 4.16. The van der Waals surface area contributed by atoms with E-state index in [0.717, 1.165) is 23.5 Å².